The lowest BCUT2D eigenvalue weighted by atomic mass is 10.1. The highest BCUT2D eigenvalue weighted by Crippen LogP contribution is 2.34. The molecule has 0 fully saturated rings. The van der Waals surface area contributed by atoms with E-state index in [1.165, 1.54) is 6.07 Å². The molecule has 3 aromatic rings. The van der Waals surface area contributed by atoms with Gasteiger partial charge in [0.15, 0.2) is 17.3 Å². The Balaban J connectivity index is 1.96. The molecule has 0 amide bonds. The molecule has 0 saturated heterocycles. The molecule has 0 saturated carbocycles. The van der Waals surface area contributed by atoms with E-state index in [1.54, 1.807) is 72.8 Å². The van der Waals surface area contributed by atoms with Gasteiger partial charge in [-0.3, -0.25) is 4.79 Å². The van der Waals surface area contributed by atoms with Crippen LogP contribution in [0.5, 0.6) is 11.5 Å². The molecule has 0 aliphatic carbocycles. The molecular weight excluding hydrogens is 368 g/mol. The summed E-state index contributed by atoms with van der Waals surface area (Å²) in [6, 6.07) is 21.5. The highest BCUT2D eigenvalue weighted by atomic mass is 16.6. The molecule has 146 valence electrons. The van der Waals surface area contributed by atoms with Gasteiger partial charge in [-0.2, -0.15) is 0 Å². The van der Waals surface area contributed by atoms with Gasteiger partial charge in [-0.1, -0.05) is 49.4 Å². The molecule has 0 heterocycles. The maximum Gasteiger partial charge on any atom is 0.343 e. The first-order valence-corrected chi connectivity index (χ1v) is 9.30. The minimum absolute atomic E-state index is 0.0186. The van der Waals surface area contributed by atoms with E-state index < -0.39 is 11.9 Å². The molecule has 3 rings (SSSR count). The molecule has 0 unspecified atom stereocenters. The number of hydrogen-bond acceptors (Lipinski definition) is 5. The summed E-state index contributed by atoms with van der Waals surface area (Å²) in [7, 11) is 0. The average molecular weight is 388 g/mol. The van der Waals surface area contributed by atoms with Crippen LogP contribution in [0.2, 0.25) is 0 Å². The Morgan fingerprint density at radius 1 is 0.690 bits per heavy atom. The van der Waals surface area contributed by atoms with Crippen molar-refractivity contribution in [2.24, 2.45) is 0 Å². The Bertz CT molecular complexity index is 1010. The van der Waals surface area contributed by atoms with Gasteiger partial charge in [0.2, 0.25) is 0 Å². The van der Waals surface area contributed by atoms with Crippen molar-refractivity contribution in [2.45, 2.75) is 19.8 Å². The highest BCUT2D eigenvalue weighted by molar-refractivity contribution is 6.02. The summed E-state index contributed by atoms with van der Waals surface area (Å²) >= 11 is 0. The lowest BCUT2D eigenvalue weighted by molar-refractivity contribution is 0.0679. The van der Waals surface area contributed by atoms with Crippen LogP contribution in [0.3, 0.4) is 0 Å². The molecule has 0 aliphatic heterocycles. The number of esters is 2. The summed E-state index contributed by atoms with van der Waals surface area (Å²) in [6.45, 7) is 1.88. The van der Waals surface area contributed by atoms with Gasteiger partial charge in [0, 0.05) is 6.42 Å². The van der Waals surface area contributed by atoms with Crippen molar-refractivity contribution in [3.05, 3.63) is 95.6 Å². The zero-order chi connectivity index (χ0) is 20.6. The summed E-state index contributed by atoms with van der Waals surface area (Å²) < 4.78 is 11.0. The predicted molar refractivity (Wildman–Crippen MR) is 108 cm³/mol. The third-order valence-corrected chi connectivity index (χ3v) is 4.17. The molecule has 0 atom stereocenters. The molecular formula is C24H20O5. The summed E-state index contributed by atoms with van der Waals surface area (Å²) in [6.07, 6.45) is 0.922. The standard InChI is InChI=1S/C24H20O5/c1-2-10-20(25)19-15-9-16-21(28-23(26)17-11-5-3-6-12-17)22(19)29-24(27)18-13-7-4-8-14-18/h3-9,11-16H,2,10H2,1H3. The molecule has 0 aliphatic rings. The van der Waals surface area contributed by atoms with E-state index in [4.69, 9.17) is 9.47 Å². The molecule has 0 aromatic heterocycles. The third kappa shape index (κ3) is 4.96. The third-order valence-electron chi connectivity index (χ3n) is 4.17. The fourth-order valence-corrected chi connectivity index (χ4v) is 2.74. The van der Waals surface area contributed by atoms with Crippen LogP contribution in [0.4, 0.5) is 0 Å². The Kier molecular flexibility index (Phi) is 6.53. The number of ether oxygens (including phenoxy) is 2. The van der Waals surface area contributed by atoms with E-state index in [0.29, 0.717) is 17.5 Å². The Morgan fingerprint density at radius 3 is 1.79 bits per heavy atom. The summed E-state index contributed by atoms with van der Waals surface area (Å²) in [5, 5.41) is 0. The van der Waals surface area contributed by atoms with Crippen molar-refractivity contribution >= 4 is 17.7 Å². The Morgan fingerprint density at radius 2 is 1.24 bits per heavy atom. The van der Waals surface area contributed by atoms with Crippen molar-refractivity contribution in [1.82, 2.24) is 0 Å². The summed E-state index contributed by atoms with van der Waals surface area (Å²) in [5.74, 6) is -1.47. The van der Waals surface area contributed by atoms with Gasteiger partial charge in [-0.25, -0.2) is 9.59 Å². The second kappa shape index (κ2) is 9.46. The smallest absolute Gasteiger partial charge is 0.343 e. The highest BCUT2D eigenvalue weighted by Gasteiger charge is 2.22. The van der Waals surface area contributed by atoms with E-state index in [2.05, 4.69) is 0 Å². The van der Waals surface area contributed by atoms with E-state index in [1.807, 2.05) is 6.92 Å². The van der Waals surface area contributed by atoms with Gasteiger partial charge in [0.05, 0.1) is 16.7 Å². The normalized spacial score (nSPS) is 10.2. The number of rotatable bonds is 7. The van der Waals surface area contributed by atoms with Crippen molar-refractivity contribution in [3.8, 4) is 11.5 Å². The quantitative estimate of drug-likeness (QED) is 0.320. The van der Waals surface area contributed by atoms with Crippen molar-refractivity contribution in [2.75, 3.05) is 0 Å². The minimum Gasteiger partial charge on any atom is -0.419 e. The van der Waals surface area contributed by atoms with Crippen LogP contribution < -0.4 is 9.47 Å². The number of para-hydroxylation sites is 1. The monoisotopic (exact) mass is 388 g/mol. The van der Waals surface area contributed by atoms with E-state index in [0.717, 1.165) is 0 Å². The minimum atomic E-state index is -0.639. The molecule has 0 radical (unpaired) electrons. The van der Waals surface area contributed by atoms with Crippen LogP contribution >= 0.6 is 0 Å². The van der Waals surface area contributed by atoms with Gasteiger partial charge < -0.3 is 9.47 Å². The summed E-state index contributed by atoms with van der Waals surface area (Å²) in [5.41, 5.74) is 0.873. The fourth-order valence-electron chi connectivity index (χ4n) is 2.74. The van der Waals surface area contributed by atoms with Crippen molar-refractivity contribution in [3.63, 3.8) is 0 Å². The Hall–Kier alpha value is -3.73. The lowest BCUT2D eigenvalue weighted by Gasteiger charge is -2.14. The van der Waals surface area contributed by atoms with Crippen LogP contribution in [-0.4, -0.2) is 17.7 Å². The van der Waals surface area contributed by atoms with Crippen LogP contribution in [0.15, 0.2) is 78.9 Å². The number of carbonyl (C=O) groups is 3. The molecule has 29 heavy (non-hydrogen) atoms. The molecule has 5 nitrogen and oxygen atoms in total. The number of benzene rings is 3. The van der Waals surface area contributed by atoms with Crippen LogP contribution in [-0.2, 0) is 0 Å². The average Bonchev–Trinajstić information content (AvgIpc) is 2.76. The molecule has 0 N–H and O–H groups in total. The molecule has 0 spiro atoms. The Labute approximate surface area is 168 Å². The van der Waals surface area contributed by atoms with Crippen molar-refractivity contribution in [1.29, 1.82) is 0 Å². The first-order chi connectivity index (χ1) is 14.1. The largest absolute Gasteiger partial charge is 0.419 e. The molecule has 3 aromatic carbocycles. The number of carbonyl (C=O) groups excluding carboxylic acids is 3. The number of Topliss-reactive ketones (excluding diaryl/α,β-unsaturated/α-hetero) is 1. The van der Waals surface area contributed by atoms with Gasteiger partial charge in [-0.05, 0) is 42.8 Å². The first kappa shape index (κ1) is 20.0. The van der Waals surface area contributed by atoms with Gasteiger partial charge in [0.25, 0.3) is 0 Å². The molecule has 0 bridgehead atoms. The zero-order valence-corrected chi connectivity index (χ0v) is 16.0. The summed E-state index contributed by atoms with van der Waals surface area (Å²) in [4.78, 5) is 37.6. The van der Waals surface area contributed by atoms with E-state index >= 15 is 0 Å². The van der Waals surface area contributed by atoms with E-state index in [9.17, 15) is 14.4 Å². The van der Waals surface area contributed by atoms with Crippen LogP contribution in [0, 0.1) is 0 Å². The second-order valence-electron chi connectivity index (χ2n) is 6.32. The maximum atomic E-state index is 12.6. The maximum absolute atomic E-state index is 12.6. The SMILES string of the molecule is CCCC(=O)c1cccc(OC(=O)c2ccccc2)c1OC(=O)c1ccccc1. The van der Waals surface area contributed by atoms with Gasteiger partial charge in [0.1, 0.15) is 0 Å². The van der Waals surface area contributed by atoms with Crippen LogP contribution in [0.25, 0.3) is 0 Å². The topological polar surface area (TPSA) is 69.7 Å². The first-order valence-electron chi connectivity index (χ1n) is 9.30. The zero-order valence-electron chi connectivity index (χ0n) is 16.0. The van der Waals surface area contributed by atoms with Crippen molar-refractivity contribution < 1.29 is 23.9 Å². The lowest BCUT2D eigenvalue weighted by Crippen LogP contribution is -2.15. The predicted octanol–water partition coefficient (Wildman–Crippen LogP) is 5.11. The van der Waals surface area contributed by atoms with Gasteiger partial charge in [-0.15, -0.1) is 0 Å². The van der Waals surface area contributed by atoms with Crippen LogP contribution in [0.1, 0.15) is 50.8 Å². The van der Waals surface area contributed by atoms with E-state index in [-0.39, 0.29) is 29.3 Å². The molecule has 5 heteroatoms. The number of hydrogen-bond donors (Lipinski definition) is 0. The number of ketones is 1. The second-order valence-corrected chi connectivity index (χ2v) is 6.32. The van der Waals surface area contributed by atoms with Gasteiger partial charge >= 0.3 is 11.9 Å². The fraction of sp³-hybridized carbons (Fsp3) is 0.125.